The number of carbonyl (C=O) groups is 2. The number of hydrogen-bond acceptors (Lipinski definition) is 3. The normalized spacial score (nSPS) is 8.36. The van der Waals surface area contributed by atoms with Gasteiger partial charge in [0.1, 0.15) is 0 Å². The van der Waals surface area contributed by atoms with E-state index in [1.807, 2.05) is 0 Å². The zero-order valence-corrected chi connectivity index (χ0v) is 7.00. The Balaban J connectivity index is 0. The van der Waals surface area contributed by atoms with Crippen molar-refractivity contribution >= 4 is 11.9 Å². The molecule has 0 aromatic carbocycles. The van der Waals surface area contributed by atoms with E-state index in [9.17, 15) is 4.79 Å². The first-order valence-electron chi connectivity index (χ1n) is 2.98. The lowest BCUT2D eigenvalue weighted by atomic mass is 10.6. The highest BCUT2D eigenvalue weighted by molar-refractivity contribution is 5.75. The van der Waals surface area contributed by atoms with Gasteiger partial charge in [-0.3, -0.25) is 9.59 Å². The quantitative estimate of drug-likeness (QED) is 0.552. The lowest BCUT2D eigenvalue weighted by Gasteiger charge is -2.02. The molecule has 5 heteroatoms. The first-order valence-corrected chi connectivity index (χ1v) is 2.98. The van der Waals surface area contributed by atoms with Gasteiger partial charge in [0.05, 0.1) is 6.54 Å². The molecule has 0 radical (unpaired) electrons. The minimum atomic E-state index is -0.833. The van der Waals surface area contributed by atoms with Crippen LogP contribution in [0.2, 0.25) is 0 Å². The fourth-order valence-electron chi connectivity index (χ4n) is 0.312. The number of hydrogen-bond donors (Lipinski definition) is 2. The number of carbonyl (C=O) groups excluding carboxylic acids is 1. The Morgan fingerprint density at radius 2 is 1.73 bits per heavy atom. The molecule has 1 amide bonds. The summed E-state index contributed by atoms with van der Waals surface area (Å²) in [4.78, 5) is 20.7. The average molecular weight is 162 g/mol. The number of aliphatic carboxylic acids is 1. The lowest BCUT2D eigenvalue weighted by molar-refractivity contribution is -0.134. The molecule has 0 fully saturated rings. The molecule has 0 atom stereocenters. The van der Waals surface area contributed by atoms with Crippen LogP contribution in [0.25, 0.3) is 0 Å². The second kappa shape index (κ2) is 7.01. The summed E-state index contributed by atoms with van der Waals surface area (Å²) in [5, 5.41) is 7.42. The predicted molar refractivity (Wildman–Crippen MR) is 41.1 cm³/mol. The van der Waals surface area contributed by atoms with E-state index < -0.39 is 5.97 Å². The van der Waals surface area contributed by atoms with Crippen molar-refractivity contribution in [1.29, 1.82) is 0 Å². The SMILES string of the molecule is CC(=O)O.CN(C)CC(N)=O. The van der Waals surface area contributed by atoms with Gasteiger partial charge >= 0.3 is 0 Å². The maximum Gasteiger partial charge on any atom is 0.300 e. The monoisotopic (exact) mass is 162 g/mol. The molecule has 0 spiro atoms. The number of nitrogens with zero attached hydrogens (tertiary/aromatic N) is 1. The molecule has 0 saturated carbocycles. The minimum Gasteiger partial charge on any atom is -0.481 e. The molecular formula is C6H14N2O3. The summed E-state index contributed by atoms with van der Waals surface area (Å²) in [6.45, 7) is 1.42. The molecule has 0 saturated heterocycles. The number of carboxylic acids is 1. The molecule has 0 aliphatic rings. The Morgan fingerprint density at radius 1 is 1.45 bits per heavy atom. The van der Waals surface area contributed by atoms with E-state index in [2.05, 4.69) is 0 Å². The van der Waals surface area contributed by atoms with Gasteiger partial charge < -0.3 is 15.7 Å². The predicted octanol–water partition coefficient (Wildman–Crippen LogP) is -0.876. The fourth-order valence-corrected chi connectivity index (χ4v) is 0.312. The second-order valence-corrected chi connectivity index (χ2v) is 2.22. The van der Waals surface area contributed by atoms with Gasteiger partial charge in [0.15, 0.2) is 0 Å². The summed E-state index contributed by atoms with van der Waals surface area (Å²) in [7, 11) is 3.59. The van der Waals surface area contributed by atoms with Crippen molar-refractivity contribution < 1.29 is 14.7 Å². The maximum atomic E-state index is 9.99. The molecule has 0 unspecified atom stereocenters. The third kappa shape index (κ3) is 50.4. The summed E-state index contributed by atoms with van der Waals surface area (Å²) >= 11 is 0. The van der Waals surface area contributed by atoms with Crippen LogP contribution >= 0.6 is 0 Å². The van der Waals surface area contributed by atoms with E-state index in [4.69, 9.17) is 15.6 Å². The van der Waals surface area contributed by atoms with Gasteiger partial charge in [-0.05, 0) is 14.1 Å². The van der Waals surface area contributed by atoms with E-state index in [1.165, 1.54) is 0 Å². The molecule has 0 aromatic rings. The van der Waals surface area contributed by atoms with Crippen molar-refractivity contribution in [3.05, 3.63) is 0 Å². The van der Waals surface area contributed by atoms with Gasteiger partial charge in [-0.2, -0.15) is 0 Å². The van der Waals surface area contributed by atoms with Crippen molar-refractivity contribution in [3.8, 4) is 0 Å². The zero-order valence-electron chi connectivity index (χ0n) is 7.00. The van der Waals surface area contributed by atoms with E-state index in [0.29, 0.717) is 6.54 Å². The average Bonchev–Trinajstić information content (AvgIpc) is 1.56. The highest BCUT2D eigenvalue weighted by Crippen LogP contribution is 1.67. The van der Waals surface area contributed by atoms with Crippen LogP contribution in [-0.2, 0) is 9.59 Å². The Morgan fingerprint density at radius 3 is 1.73 bits per heavy atom. The molecule has 0 bridgehead atoms. The topological polar surface area (TPSA) is 83.6 Å². The molecule has 66 valence electrons. The van der Waals surface area contributed by atoms with E-state index in [-0.39, 0.29) is 5.91 Å². The number of primary amides is 1. The van der Waals surface area contributed by atoms with Gasteiger partial charge in [0.25, 0.3) is 5.97 Å². The third-order valence-corrected chi connectivity index (χ3v) is 0.472. The van der Waals surface area contributed by atoms with Crippen LogP contribution in [0.15, 0.2) is 0 Å². The maximum absolute atomic E-state index is 9.99. The molecule has 5 nitrogen and oxygen atoms in total. The highest BCUT2D eigenvalue weighted by Gasteiger charge is 1.92. The van der Waals surface area contributed by atoms with Crippen LogP contribution in [0, 0.1) is 0 Å². The molecule has 0 rings (SSSR count). The van der Waals surface area contributed by atoms with Crippen LogP contribution in [0.4, 0.5) is 0 Å². The molecule has 0 aromatic heterocycles. The molecule has 3 N–H and O–H groups in total. The van der Waals surface area contributed by atoms with Crippen LogP contribution in [0.5, 0.6) is 0 Å². The number of rotatable bonds is 2. The minimum absolute atomic E-state index is 0.287. The highest BCUT2D eigenvalue weighted by atomic mass is 16.4. The fraction of sp³-hybridized carbons (Fsp3) is 0.667. The van der Waals surface area contributed by atoms with Gasteiger partial charge in [-0.25, -0.2) is 0 Å². The summed E-state index contributed by atoms with van der Waals surface area (Å²) in [5.41, 5.74) is 4.81. The van der Waals surface area contributed by atoms with Gasteiger partial charge in [0, 0.05) is 6.92 Å². The van der Waals surface area contributed by atoms with Gasteiger partial charge in [-0.15, -0.1) is 0 Å². The lowest BCUT2D eigenvalue weighted by Crippen LogP contribution is -2.27. The molecule has 0 heterocycles. The van der Waals surface area contributed by atoms with Crippen LogP contribution in [0.1, 0.15) is 6.92 Å². The second-order valence-electron chi connectivity index (χ2n) is 2.22. The molecule has 0 aliphatic heterocycles. The van der Waals surface area contributed by atoms with Gasteiger partial charge in [-0.1, -0.05) is 0 Å². The van der Waals surface area contributed by atoms with Crippen LogP contribution < -0.4 is 5.73 Å². The van der Waals surface area contributed by atoms with Crippen LogP contribution in [0.3, 0.4) is 0 Å². The molecule has 0 aliphatic carbocycles. The number of carboxylic acid groups (broad SMARTS) is 1. The Hall–Kier alpha value is -1.10. The molecule has 11 heavy (non-hydrogen) atoms. The van der Waals surface area contributed by atoms with Crippen molar-refractivity contribution in [1.82, 2.24) is 4.90 Å². The standard InChI is InChI=1S/C4H10N2O.C2H4O2/c1-6(2)3-4(5)7;1-2(3)4/h3H2,1-2H3,(H2,5,7);1H3,(H,3,4). The first kappa shape index (κ1) is 12.6. The summed E-state index contributed by atoms with van der Waals surface area (Å²) in [6.07, 6.45) is 0. The van der Waals surface area contributed by atoms with Crippen molar-refractivity contribution in [3.63, 3.8) is 0 Å². The number of nitrogens with two attached hydrogens (primary N) is 1. The first-order chi connectivity index (χ1) is 4.86. The van der Waals surface area contributed by atoms with Gasteiger partial charge in [0.2, 0.25) is 5.91 Å². The summed E-state index contributed by atoms with van der Waals surface area (Å²) < 4.78 is 0. The summed E-state index contributed by atoms with van der Waals surface area (Å²) in [5.74, 6) is -1.12. The Kier molecular flexibility index (Phi) is 8.01. The Bertz CT molecular complexity index is 130. The smallest absolute Gasteiger partial charge is 0.300 e. The van der Waals surface area contributed by atoms with Crippen molar-refractivity contribution in [2.24, 2.45) is 5.73 Å². The Labute approximate surface area is 65.8 Å². The zero-order chi connectivity index (χ0) is 9.44. The van der Waals surface area contributed by atoms with E-state index in [1.54, 1.807) is 19.0 Å². The number of amides is 1. The molecular weight excluding hydrogens is 148 g/mol. The van der Waals surface area contributed by atoms with Crippen molar-refractivity contribution in [2.75, 3.05) is 20.6 Å². The van der Waals surface area contributed by atoms with Crippen molar-refractivity contribution in [2.45, 2.75) is 6.92 Å². The largest absolute Gasteiger partial charge is 0.481 e. The van der Waals surface area contributed by atoms with Crippen LogP contribution in [-0.4, -0.2) is 42.5 Å². The number of likely N-dealkylation sites (N-methyl/N-ethyl adjacent to an activating group) is 1. The summed E-state index contributed by atoms with van der Waals surface area (Å²) in [6, 6.07) is 0. The third-order valence-electron chi connectivity index (χ3n) is 0.472. The van der Waals surface area contributed by atoms with E-state index >= 15 is 0 Å². The van der Waals surface area contributed by atoms with E-state index in [0.717, 1.165) is 6.92 Å².